The van der Waals surface area contributed by atoms with Gasteiger partial charge in [-0.3, -0.25) is 14.4 Å². The number of amides is 3. The van der Waals surface area contributed by atoms with E-state index < -0.39 is 35.5 Å². The Morgan fingerprint density at radius 1 is 0.946 bits per heavy atom. The molecule has 1 saturated heterocycles. The van der Waals surface area contributed by atoms with Gasteiger partial charge >= 0.3 is 5.97 Å². The molecule has 1 unspecified atom stereocenters. The van der Waals surface area contributed by atoms with E-state index in [0.29, 0.717) is 16.9 Å². The lowest BCUT2D eigenvalue weighted by molar-refractivity contribution is -0.122. The molecule has 3 aromatic rings. The molecular weight excluding hydrogens is 479 g/mol. The van der Waals surface area contributed by atoms with E-state index in [4.69, 9.17) is 9.47 Å². The highest BCUT2D eigenvalue weighted by atomic mass is 19.1. The van der Waals surface area contributed by atoms with Gasteiger partial charge in [0.15, 0.2) is 0 Å². The lowest BCUT2D eigenvalue weighted by atomic mass is 10.1. The Hall–Kier alpha value is -4.53. The summed E-state index contributed by atoms with van der Waals surface area (Å²) in [5.41, 5.74) is 1.47. The predicted molar refractivity (Wildman–Crippen MR) is 133 cm³/mol. The van der Waals surface area contributed by atoms with Crippen LogP contribution >= 0.6 is 0 Å². The van der Waals surface area contributed by atoms with Crippen LogP contribution in [0.1, 0.15) is 39.6 Å². The first kappa shape index (κ1) is 25.6. The topological polar surface area (TPSA) is 93.2 Å². The summed E-state index contributed by atoms with van der Waals surface area (Å²) in [6.45, 7) is 1.90. The summed E-state index contributed by atoms with van der Waals surface area (Å²) in [5, 5.41) is 0. The molecule has 1 heterocycles. The third-order valence-electron chi connectivity index (χ3n) is 6.00. The average molecular weight is 505 g/mol. The van der Waals surface area contributed by atoms with Gasteiger partial charge in [-0.25, -0.2) is 14.1 Å². The van der Waals surface area contributed by atoms with Gasteiger partial charge in [-0.05, 0) is 73.2 Å². The number of hydrogen-bond donors (Lipinski definition) is 0. The van der Waals surface area contributed by atoms with Crippen LogP contribution in [0.4, 0.5) is 10.1 Å². The van der Waals surface area contributed by atoms with Gasteiger partial charge in [-0.1, -0.05) is 12.1 Å². The van der Waals surface area contributed by atoms with Crippen molar-refractivity contribution in [3.8, 4) is 5.75 Å². The van der Waals surface area contributed by atoms with Crippen molar-refractivity contribution in [1.82, 2.24) is 4.90 Å². The zero-order valence-electron chi connectivity index (χ0n) is 20.3. The molecular formula is C28H25FN2O6. The molecule has 0 spiro atoms. The molecule has 3 aromatic carbocycles. The monoisotopic (exact) mass is 504 g/mol. The van der Waals surface area contributed by atoms with Gasteiger partial charge < -0.3 is 14.4 Å². The normalized spacial score (nSPS) is 15.0. The number of carbonyl (C=O) groups excluding carboxylic acids is 4. The molecule has 0 aromatic heterocycles. The van der Waals surface area contributed by atoms with Gasteiger partial charge in [0.2, 0.25) is 5.91 Å². The van der Waals surface area contributed by atoms with E-state index >= 15 is 0 Å². The van der Waals surface area contributed by atoms with Crippen LogP contribution in [0.15, 0.2) is 72.8 Å². The molecule has 3 amide bonds. The van der Waals surface area contributed by atoms with Crippen molar-refractivity contribution in [2.24, 2.45) is 0 Å². The Balaban J connectivity index is 1.63. The van der Waals surface area contributed by atoms with Crippen molar-refractivity contribution < 1.29 is 33.0 Å². The van der Waals surface area contributed by atoms with E-state index in [2.05, 4.69) is 0 Å². The minimum absolute atomic E-state index is 0.00946. The first-order valence-corrected chi connectivity index (χ1v) is 11.7. The first-order chi connectivity index (χ1) is 17.8. The number of nitrogens with zero attached hydrogens (tertiary/aromatic N) is 2. The zero-order chi connectivity index (χ0) is 26.5. The van der Waals surface area contributed by atoms with Crippen molar-refractivity contribution in [3.05, 3.63) is 95.3 Å². The molecule has 1 atom stereocenters. The third-order valence-corrected chi connectivity index (χ3v) is 6.00. The molecule has 0 saturated carbocycles. The smallest absolute Gasteiger partial charge is 0.338 e. The highest BCUT2D eigenvalue weighted by molar-refractivity contribution is 6.23. The summed E-state index contributed by atoms with van der Waals surface area (Å²) in [5.74, 6) is -1.89. The predicted octanol–water partition coefficient (Wildman–Crippen LogP) is 3.99. The van der Waals surface area contributed by atoms with Crippen LogP contribution in [0.3, 0.4) is 0 Å². The molecule has 0 bridgehead atoms. The minimum atomic E-state index is -1.07. The summed E-state index contributed by atoms with van der Waals surface area (Å²) in [4.78, 5) is 54.3. The highest BCUT2D eigenvalue weighted by Gasteiger charge is 2.44. The van der Waals surface area contributed by atoms with Crippen molar-refractivity contribution in [1.29, 1.82) is 0 Å². The third kappa shape index (κ3) is 5.50. The Bertz CT molecular complexity index is 1310. The summed E-state index contributed by atoms with van der Waals surface area (Å²) < 4.78 is 23.6. The molecule has 1 aliphatic heterocycles. The number of methoxy groups -OCH3 is 1. The summed E-state index contributed by atoms with van der Waals surface area (Å²) in [6.07, 6.45) is -0.221. The number of hydrogen-bond acceptors (Lipinski definition) is 6. The summed E-state index contributed by atoms with van der Waals surface area (Å²) in [7, 11) is 1.51. The van der Waals surface area contributed by atoms with Gasteiger partial charge in [0.1, 0.15) is 17.6 Å². The SMILES string of the molecule is CCOC(=O)c1ccc(N2C(=O)CC(N(Cc3ccc(F)cc3)C(=O)c3ccc(OC)cc3)C2=O)cc1. The quantitative estimate of drug-likeness (QED) is 0.340. The maximum atomic E-state index is 13.6. The van der Waals surface area contributed by atoms with E-state index in [-0.39, 0.29) is 30.8 Å². The van der Waals surface area contributed by atoms with E-state index in [0.717, 1.165) is 4.90 Å². The van der Waals surface area contributed by atoms with Crippen LogP contribution in [0.25, 0.3) is 0 Å². The zero-order valence-corrected chi connectivity index (χ0v) is 20.3. The molecule has 0 aliphatic carbocycles. The van der Waals surface area contributed by atoms with E-state index in [1.54, 1.807) is 31.2 Å². The molecule has 8 nitrogen and oxygen atoms in total. The standard InChI is InChI=1S/C28H25FN2O6/c1-3-37-28(35)20-6-12-22(13-7-20)31-25(32)16-24(27(31)34)30(17-18-4-10-21(29)11-5-18)26(33)19-8-14-23(36-2)15-9-19/h4-15,24H,3,16-17H2,1-2H3. The van der Waals surface area contributed by atoms with Crippen LogP contribution in [-0.4, -0.2) is 48.3 Å². The van der Waals surface area contributed by atoms with Crippen LogP contribution < -0.4 is 9.64 Å². The highest BCUT2D eigenvalue weighted by Crippen LogP contribution is 2.28. The largest absolute Gasteiger partial charge is 0.497 e. The second-order valence-corrected chi connectivity index (χ2v) is 8.34. The molecule has 1 fully saturated rings. The molecule has 190 valence electrons. The number of esters is 1. The number of imide groups is 1. The van der Waals surface area contributed by atoms with Crippen molar-refractivity contribution in [2.45, 2.75) is 25.9 Å². The van der Waals surface area contributed by atoms with Crippen molar-refractivity contribution in [3.63, 3.8) is 0 Å². The van der Waals surface area contributed by atoms with E-state index in [1.165, 1.54) is 60.5 Å². The summed E-state index contributed by atoms with van der Waals surface area (Å²) >= 11 is 0. The van der Waals surface area contributed by atoms with Crippen molar-refractivity contribution >= 4 is 29.4 Å². The van der Waals surface area contributed by atoms with Gasteiger partial charge in [0, 0.05) is 12.1 Å². The molecule has 1 aliphatic rings. The summed E-state index contributed by atoms with van der Waals surface area (Å²) in [6, 6.07) is 16.8. The van der Waals surface area contributed by atoms with Crippen LogP contribution in [0.2, 0.25) is 0 Å². The second-order valence-electron chi connectivity index (χ2n) is 8.34. The van der Waals surface area contributed by atoms with Crippen LogP contribution in [0.5, 0.6) is 5.75 Å². The molecule has 4 rings (SSSR count). The van der Waals surface area contributed by atoms with Gasteiger partial charge in [-0.15, -0.1) is 0 Å². The van der Waals surface area contributed by atoms with E-state index in [9.17, 15) is 23.6 Å². The second kappa shape index (κ2) is 11.0. The van der Waals surface area contributed by atoms with Crippen LogP contribution in [-0.2, 0) is 20.9 Å². The van der Waals surface area contributed by atoms with E-state index in [1.807, 2.05) is 0 Å². The van der Waals surface area contributed by atoms with Gasteiger partial charge in [-0.2, -0.15) is 0 Å². The van der Waals surface area contributed by atoms with Crippen LogP contribution in [0, 0.1) is 5.82 Å². The lowest BCUT2D eigenvalue weighted by Gasteiger charge is -2.28. The molecule has 37 heavy (non-hydrogen) atoms. The van der Waals surface area contributed by atoms with Crippen molar-refractivity contribution in [2.75, 3.05) is 18.6 Å². The molecule has 0 N–H and O–H groups in total. The fourth-order valence-corrected chi connectivity index (χ4v) is 4.10. The molecule has 0 radical (unpaired) electrons. The Labute approximate surface area is 213 Å². The number of ether oxygens (including phenoxy) is 2. The van der Waals surface area contributed by atoms with Gasteiger partial charge in [0.25, 0.3) is 11.8 Å². The Morgan fingerprint density at radius 2 is 1.57 bits per heavy atom. The fourth-order valence-electron chi connectivity index (χ4n) is 4.10. The fraction of sp³-hybridized carbons (Fsp3) is 0.214. The molecule has 9 heteroatoms. The number of carbonyl (C=O) groups is 4. The Kier molecular flexibility index (Phi) is 7.62. The number of rotatable bonds is 8. The minimum Gasteiger partial charge on any atom is -0.497 e. The number of benzene rings is 3. The number of halogens is 1. The van der Waals surface area contributed by atoms with Gasteiger partial charge in [0.05, 0.1) is 31.4 Å². The lowest BCUT2D eigenvalue weighted by Crippen LogP contribution is -2.45. The maximum Gasteiger partial charge on any atom is 0.338 e. The first-order valence-electron chi connectivity index (χ1n) is 11.7. The Morgan fingerprint density at radius 3 is 2.16 bits per heavy atom. The maximum absolute atomic E-state index is 13.6. The average Bonchev–Trinajstić information content (AvgIpc) is 3.21. The number of anilines is 1.